The van der Waals surface area contributed by atoms with Crippen molar-refractivity contribution in [2.24, 2.45) is 0 Å². The fourth-order valence-electron chi connectivity index (χ4n) is 4.93. The largest absolute Gasteiger partial charge is 0.390 e. The summed E-state index contributed by atoms with van der Waals surface area (Å²) in [7, 11) is 0. The number of aliphatic hydroxyl groups is 1. The Balaban J connectivity index is 1.06. The van der Waals surface area contributed by atoms with Gasteiger partial charge in [-0.15, -0.1) is 0 Å². The van der Waals surface area contributed by atoms with Gasteiger partial charge in [0.2, 0.25) is 0 Å². The maximum absolute atomic E-state index is 10.4. The zero-order valence-corrected chi connectivity index (χ0v) is 20.1. The molecule has 0 aliphatic carbocycles. The number of nitrogens with zero attached hydrogens (tertiary/aromatic N) is 4. The molecule has 0 saturated carbocycles. The maximum Gasteiger partial charge on any atom is 0.150 e. The van der Waals surface area contributed by atoms with Crippen LogP contribution >= 0.6 is 0 Å². The standard InChI is InChI=1S/C27H35N5O3/c33-26-9-8-24(34-27(26)19-29-18-21-5-4-10-28-17-21)15-22-16-25(35-30-22)20-31-11-13-32(14-12-31)23-6-2-1-3-7-23/h1-7,10,16-17,24,26-27,29,33H,8-9,11-15,18-20H2. The quantitative estimate of drug-likeness (QED) is 0.487. The van der Waals surface area contributed by atoms with Gasteiger partial charge in [-0.05, 0) is 36.6 Å². The van der Waals surface area contributed by atoms with Crippen molar-refractivity contribution < 1.29 is 14.4 Å². The van der Waals surface area contributed by atoms with Crippen molar-refractivity contribution in [3.8, 4) is 0 Å². The monoisotopic (exact) mass is 477 g/mol. The fourth-order valence-corrected chi connectivity index (χ4v) is 4.93. The Labute approximate surface area is 206 Å². The molecule has 5 rings (SSSR count). The van der Waals surface area contributed by atoms with E-state index in [-0.39, 0.29) is 12.2 Å². The molecule has 2 aliphatic rings. The molecule has 3 unspecified atom stereocenters. The highest BCUT2D eigenvalue weighted by Crippen LogP contribution is 2.23. The van der Waals surface area contributed by atoms with Gasteiger partial charge in [0.05, 0.1) is 30.6 Å². The molecule has 2 aliphatic heterocycles. The Morgan fingerprint density at radius 1 is 1.03 bits per heavy atom. The third-order valence-corrected chi connectivity index (χ3v) is 6.90. The van der Waals surface area contributed by atoms with Gasteiger partial charge in [-0.25, -0.2) is 0 Å². The van der Waals surface area contributed by atoms with Crippen LogP contribution in [0.3, 0.4) is 0 Å². The normalized spacial score (nSPS) is 23.5. The predicted octanol–water partition coefficient (Wildman–Crippen LogP) is 2.63. The highest BCUT2D eigenvalue weighted by atomic mass is 16.5. The van der Waals surface area contributed by atoms with E-state index in [4.69, 9.17) is 9.26 Å². The number of nitrogens with one attached hydrogen (secondary N) is 1. The summed E-state index contributed by atoms with van der Waals surface area (Å²) in [4.78, 5) is 8.98. The number of anilines is 1. The highest BCUT2D eigenvalue weighted by molar-refractivity contribution is 5.46. The van der Waals surface area contributed by atoms with Crippen molar-refractivity contribution in [3.63, 3.8) is 0 Å². The lowest BCUT2D eigenvalue weighted by Crippen LogP contribution is -2.45. The summed E-state index contributed by atoms with van der Waals surface area (Å²) in [6.07, 6.45) is 5.24. The maximum atomic E-state index is 10.4. The molecule has 0 radical (unpaired) electrons. The molecule has 8 heteroatoms. The van der Waals surface area contributed by atoms with Crippen LogP contribution in [0.5, 0.6) is 0 Å². The molecular formula is C27H35N5O3. The first-order chi connectivity index (χ1) is 17.2. The number of piperazine rings is 1. The molecule has 8 nitrogen and oxygen atoms in total. The number of hydrogen-bond acceptors (Lipinski definition) is 8. The van der Waals surface area contributed by atoms with Crippen LogP contribution in [0, 0.1) is 0 Å². The molecular weight excluding hydrogens is 442 g/mol. The van der Waals surface area contributed by atoms with Crippen LogP contribution in [0.15, 0.2) is 65.4 Å². The van der Waals surface area contributed by atoms with Gasteiger partial charge >= 0.3 is 0 Å². The van der Waals surface area contributed by atoms with Crippen molar-refractivity contribution in [1.82, 2.24) is 20.4 Å². The topological polar surface area (TPSA) is 86.9 Å². The average molecular weight is 478 g/mol. The summed E-state index contributed by atoms with van der Waals surface area (Å²) in [5.41, 5.74) is 3.33. The minimum atomic E-state index is -0.449. The van der Waals surface area contributed by atoms with Gasteiger partial charge < -0.3 is 24.6 Å². The summed E-state index contributed by atoms with van der Waals surface area (Å²) in [5, 5.41) is 18.1. The van der Waals surface area contributed by atoms with Crippen molar-refractivity contribution in [3.05, 3.63) is 77.9 Å². The van der Waals surface area contributed by atoms with Crippen molar-refractivity contribution in [2.75, 3.05) is 37.6 Å². The lowest BCUT2D eigenvalue weighted by atomic mass is 9.98. The van der Waals surface area contributed by atoms with Crippen LogP contribution in [-0.2, 0) is 24.2 Å². The van der Waals surface area contributed by atoms with Gasteiger partial charge in [0.15, 0.2) is 5.76 Å². The SMILES string of the molecule is OC1CCC(Cc2cc(CN3CCN(c4ccccc4)CC3)on2)OC1CNCc1cccnc1. The van der Waals surface area contributed by atoms with Crippen LogP contribution in [0.2, 0.25) is 0 Å². The van der Waals surface area contributed by atoms with E-state index in [1.54, 1.807) is 6.20 Å². The smallest absolute Gasteiger partial charge is 0.150 e. The molecule has 2 fully saturated rings. The number of pyridine rings is 1. The Morgan fingerprint density at radius 2 is 1.89 bits per heavy atom. The first kappa shape index (κ1) is 23.9. The minimum Gasteiger partial charge on any atom is -0.390 e. The summed E-state index contributed by atoms with van der Waals surface area (Å²) in [5.74, 6) is 0.902. The van der Waals surface area contributed by atoms with E-state index in [2.05, 4.69) is 61.7 Å². The number of benzene rings is 1. The van der Waals surface area contributed by atoms with Gasteiger partial charge in [-0.3, -0.25) is 9.88 Å². The second-order valence-electron chi connectivity index (χ2n) is 9.52. The number of aliphatic hydroxyl groups excluding tert-OH is 1. The van der Waals surface area contributed by atoms with Gasteiger partial charge in [-0.1, -0.05) is 29.4 Å². The molecule has 0 amide bonds. The van der Waals surface area contributed by atoms with E-state index in [1.807, 2.05) is 18.3 Å². The summed E-state index contributed by atoms with van der Waals surface area (Å²) >= 11 is 0. The van der Waals surface area contributed by atoms with E-state index >= 15 is 0 Å². The zero-order valence-electron chi connectivity index (χ0n) is 20.1. The minimum absolute atomic E-state index is 0.0379. The molecule has 35 heavy (non-hydrogen) atoms. The Kier molecular flexibility index (Phi) is 8.05. The van der Waals surface area contributed by atoms with Crippen molar-refractivity contribution in [1.29, 1.82) is 0 Å². The molecule has 0 bridgehead atoms. The Morgan fingerprint density at radius 3 is 2.69 bits per heavy atom. The first-order valence-electron chi connectivity index (χ1n) is 12.6. The van der Waals surface area contributed by atoms with Crippen LogP contribution in [0.25, 0.3) is 0 Å². The van der Waals surface area contributed by atoms with Crippen LogP contribution in [-0.4, -0.2) is 71.2 Å². The molecule has 186 valence electrons. The summed E-state index contributed by atoms with van der Waals surface area (Å²) in [6.45, 7) is 6.12. The summed E-state index contributed by atoms with van der Waals surface area (Å²) in [6, 6.07) is 16.6. The van der Waals surface area contributed by atoms with Gasteiger partial charge in [-0.2, -0.15) is 0 Å². The number of hydrogen-bond donors (Lipinski definition) is 2. The fraction of sp³-hybridized carbons (Fsp3) is 0.481. The lowest BCUT2D eigenvalue weighted by molar-refractivity contribution is -0.115. The molecule has 3 aromatic rings. The second kappa shape index (κ2) is 11.8. The lowest BCUT2D eigenvalue weighted by Gasteiger charge is -2.35. The van der Waals surface area contributed by atoms with Crippen LogP contribution in [0.4, 0.5) is 5.69 Å². The third kappa shape index (κ3) is 6.67. The van der Waals surface area contributed by atoms with Gasteiger partial charge in [0.25, 0.3) is 0 Å². The average Bonchev–Trinajstić information content (AvgIpc) is 3.34. The Bertz CT molecular complexity index is 1020. The first-order valence-corrected chi connectivity index (χ1v) is 12.6. The van der Waals surface area contributed by atoms with Crippen molar-refractivity contribution >= 4 is 5.69 Å². The van der Waals surface area contributed by atoms with Crippen LogP contribution < -0.4 is 10.2 Å². The van der Waals surface area contributed by atoms with Crippen molar-refractivity contribution in [2.45, 2.75) is 50.7 Å². The van der Waals surface area contributed by atoms with E-state index in [0.29, 0.717) is 19.5 Å². The van der Waals surface area contributed by atoms with E-state index in [1.165, 1.54) is 5.69 Å². The Hall–Kier alpha value is -2.78. The zero-order chi connectivity index (χ0) is 23.9. The van der Waals surface area contributed by atoms with Gasteiger partial charge in [0, 0.05) is 69.8 Å². The summed E-state index contributed by atoms with van der Waals surface area (Å²) < 4.78 is 11.9. The van der Waals surface area contributed by atoms with E-state index in [9.17, 15) is 5.11 Å². The number of rotatable bonds is 9. The number of para-hydroxylation sites is 1. The predicted molar refractivity (Wildman–Crippen MR) is 134 cm³/mol. The second-order valence-corrected chi connectivity index (χ2v) is 9.52. The molecule has 3 atom stereocenters. The van der Waals surface area contributed by atoms with Gasteiger partial charge in [0.1, 0.15) is 0 Å². The molecule has 4 heterocycles. The van der Waals surface area contributed by atoms with E-state index in [0.717, 1.165) is 62.6 Å². The molecule has 2 N–H and O–H groups in total. The third-order valence-electron chi connectivity index (χ3n) is 6.90. The molecule has 1 aromatic carbocycles. The van der Waals surface area contributed by atoms with E-state index < -0.39 is 6.10 Å². The molecule has 2 aromatic heterocycles. The molecule has 2 saturated heterocycles. The highest BCUT2D eigenvalue weighted by Gasteiger charge is 2.30. The number of ether oxygens (including phenoxy) is 1. The van der Waals surface area contributed by atoms with Crippen LogP contribution in [0.1, 0.15) is 29.9 Å². The molecule has 0 spiro atoms. The number of aromatic nitrogens is 2.